The van der Waals surface area contributed by atoms with E-state index in [1.165, 1.54) is 0 Å². The van der Waals surface area contributed by atoms with Gasteiger partial charge in [0.2, 0.25) is 0 Å². The van der Waals surface area contributed by atoms with E-state index in [-0.39, 0.29) is 5.92 Å². The summed E-state index contributed by atoms with van der Waals surface area (Å²) in [6.07, 6.45) is -0.694. The summed E-state index contributed by atoms with van der Waals surface area (Å²) < 4.78 is 11.5. The fourth-order valence-corrected chi connectivity index (χ4v) is 3.02. The molecule has 0 radical (unpaired) electrons. The lowest BCUT2D eigenvalue weighted by Gasteiger charge is -2.14. The zero-order valence-electron chi connectivity index (χ0n) is 11.7. The Morgan fingerprint density at radius 2 is 2.00 bits per heavy atom. The van der Waals surface area contributed by atoms with Crippen molar-refractivity contribution in [3.8, 4) is 5.75 Å². The fourth-order valence-electron chi connectivity index (χ4n) is 3.02. The van der Waals surface area contributed by atoms with Crippen molar-refractivity contribution in [3.63, 3.8) is 0 Å². The number of fused-ring (bicyclic) bond motifs is 2. The van der Waals surface area contributed by atoms with Gasteiger partial charge >= 0.3 is 0 Å². The number of aryl methyl sites for hydroxylation is 1. The van der Waals surface area contributed by atoms with Gasteiger partial charge in [0.05, 0.1) is 12.5 Å². The monoisotopic (exact) mass is 280 g/mol. The molecule has 2 atom stereocenters. The molecule has 3 heteroatoms. The van der Waals surface area contributed by atoms with E-state index < -0.39 is 6.10 Å². The molecule has 2 heterocycles. The first-order chi connectivity index (χ1) is 10.2. The molecular formula is C18H16O3. The molecule has 3 nitrogen and oxygen atoms in total. The predicted molar refractivity (Wildman–Crippen MR) is 80.6 cm³/mol. The molecule has 0 saturated heterocycles. The van der Waals surface area contributed by atoms with Gasteiger partial charge in [0.25, 0.3) is 0 Å². The second-order valence-corrected chi connectivity index (χ2v) is 5.54. The van der Waals surface area contributed by atoms with Gasteiger partial charge < -0.3 is 14.3 Å². The quantitative estimate of drug-likeness (QED) is 0.773. The SMILES string of the molecule is Cc1cccc2cc(C(O)C3COc4ccccc43)oc12. The molecule has 0 fully saturated rings. The highest BCUT2D eigenvalue weighted by atomic mass is 16.5. The minimum atomic E-state index is -0.694. The van der Waals surface area contributed by atoms with Crippen LogP contribution in [0.4, 0.5) is 0 Å². The third-order valence-electron chi connectivity index (χ3n) is 4.17. The number of hydrogen-bond acceptors (Lipinski definition) is 3. The van der Waals surface area contributed by atoms with Crippen molar-refractivity contribution in [2.24, 2.45) is 0 Å². The smallest absolute Gasteiger partial charge is 0.137 e. The Morgan fingerprint density at radius 1 is 1.14 bits per heavy atom. The minimum Gasteiger partial charge on any atom is -0.493 e. The van der Waals surface area contributed by atoms with Gasteiger partial charge in [0, 0.05) is 10.9 Å². The van der Waals surface area contributed by atoms with E-state index in [2.05, 4.69) is 0 Å². The molecule has 1 aliphatic heterocycles. The lowest BCUT2D eigenvalue weighted by atomic mass is 9.94. The highest BCUT2D eigenvalue weighted by molar-refractivity contribution is 5.81. The molecule has 0 amide bonds. The van der Waals surface area contributed by atoms with Crippen molar-refractivity contribution >= 4 is 11.0 Å². The van der Waals surface area contributed by atoms with E-state index in [1.54, 1.807) is 0 Å². The maximum Gasteiger partial charge on any atom is 0.137 e. The third-order valence-corrected chi connectivity index (χ3v) is 4.17. The van der Waals surface area contributed by atoms with Gasteiger partial charge in [-0.1, -0.05) is 36.4 Å². The molecule has 0 saturated carbocycles. The number of aliphatic hydroxyl groups is 1. The summed E-state index contributed by atoms with van der Waals surface area (Å²) in [6, 6.07) is 15.8. The molecule has 0 aliphatic carbocycles. The van der Waals surface area contributed by atoms with E-state index in [0.29, 0.717) is 12.4 Å². The van der Waals surface area contributed by atoms with Gasteiger partial charge in [0.15, 0.2) is 0 Å². The first-order valence-electron chi connectivity index (χ1n) is 7.13. The van der Waals surface area contributed by atoms with Gasteiger partial charge in [0.1, 0.15) is 23.2 Å². The summed E-state index contributed by atoms with van der Waals surface area (Å²) in [4.78, 5) is 0. The zero-order chi connectivity index (χ0) is 14.4. The third kappa shape index (κ3) is 1.93. The van der Waals surface area contributed by atoms with Gasteiger partial charge in [-0.05, 0) is 24.6 Å². The number of para-hydroxylation sites is 2. The van der Waals surface area contributed by atoms with Crippen LogP contribution in [0.15, 0.2) is 52.9 Å². The summed E-state index contributed by atoms with van der Waals surface area (Å²) in [5.41, 5.74) is 2.97. The highest BCUT2D eigenvalue weighted by Crippen LogP contribution is 2.42. The summed E-state index contributed by atoms with van der Waals surface area (Å²) in [5.74, 6) is 1.38. The number of rotatable bonds is 2. The van der Waals surface area contributed by atoms with Gasteiger partial charge in [-0.3, -0.25) is 0 Å². The van der Waals surface area contributed by atoms with Crippen LogP contribution in [0.5, 0.6) is 5.75 Å². The van der Waals surface area contributed by atoms with E-state index >= 15 is 0 Å². The second kappa shape index (κ2) is 4.64. The Morgan fingerprint density at radius 3 is 2.86 bits per heavy atom. The van der Waals surface area contributed by atoms with Crippen molar-refractivity contribution in [2.45, 2.75) is 18.9 Å². The van der Waals surface area contributed by atoms with Crippen molar-refractivity contribution in [3.05, 3.63) is 65.4 Å². The Bertz CT molecular complexity index is 803. The maximum absolute atomic E-state index is 10.7. The van der Waals surface area contributed by atoms with Gasteiger partial charge in [-0.2, -0.15) is 0 Å². The van der Waals surface area contributed by atoms with Crippen LogP contribution in [0.1, 0.15) is 28.9 Å². The Hall–Kier alpha value is -2.26. The molecule has 21 heavy (non-hydrogen) atoms. The molecule has 3 aromatic rings. The van der Waals surface area contributed by atoms with E-state index in [1.807, 2.05) is 55.5 Å². The van der Waals surface area contributed by atoms with E-state index in [0.717, 1.165) is 27.8 Å². The van der Waals surface area contributed by atoms with Crippen LogP contribution in [-0.4, -0.2) is 11.7 Å². The zero-order valence-corrected chi connectivity index (χ0v) is 11.7. The lowest BCUT2D eigenvalue weighted by molar-refractivity contribution is 0.109. The molecule has 1 aromatic heterocycles. The largest absolute Gasteiger partial charge is 0.493 e. The summed E-state index contributed by atoms with van der Waals surface area (Å²) in [7, 11) is 0. The Balaban J connectivity index is 1.74. The normalized spacial score (nSPS) is 18.5. The van der Waals surface area contributed by atoms with Gasteiger partial charge in [-0.15, -0.1) is 0 Å². The van der Waals surface area contributed by atoms with E-state index in [9.17, 15) is 5.11 Å². The van der Waals surface area contributed by atoms with Crippen LogP contribution in [0.25, 0.3) is 11.0 Å². The molecule has 1 aliphatic rings. The average molecular weight is 280 g/mol. The number of aliphatic hydroxyl groups excluding tert-OH is 1. The van der Waals surface area contributed by atoms with Crippen LogP contribution >= 0.6 is 0 Å². The van der Waals surface area contributed by atoms with Crippen LogP contribution in [-0.2, 0) is 0 Å². The number of hydrogen-bond donors (Lipinski definition) is 1. The first kappa shape index (κ1) is 12.5. The summed E-state index contributed by atoms with van der Waals surface area (Å²) >= 11 is 0. The summed E-state index contributed by atoms with van der Waals surface area (Å²) in [5, 5.41) is 11.7. The topological polar surface area (TPSA) is 42.6 Å². The number of benzene rings is 2. The predicted octanol–water partition coefficient (Wildman–Crippen LogP) is 3.95. The van der Waals surface area contributed by atoms with Crippen LogP contribution in [0.2, 0.25) is 0 Å². The van der Waals surface area contributed by atoms with Crippen molar-refractivity contribution in [1.29, 1.82) is 0 Å². The summed E-state index contributed by atoms with van der Waals surface area (Å²) in [6.45, 7) is 2.49. The van der Waals surface area contributed by atoms with Gasteiger partial charge in [-0.25, -0.2) is 0 Å². The number of furan rings is 1. The molecule has 0 spiro atoms. The van der Waals surface area contributed by atoms with Crippen LogP contribution in [0, 0.1) is 6.92 Å². The Kier molecular flexibility index (Phi) is 2.76. The first-order valence-corrected chi connectivity index (χ1v) is 7.13. The fraction of sp³-hybridized carbons (Fsp3) is 0.222. The molecule has 0 bridgehead atoms. The Labute approximate surface area is 122 Å². The van der Waals surface area contributed by atoms with Crippen molar-refractivity contribution < 1.29 is 14.3 Å². The lowest BCUT2D eigenvalue weighted by Crippen LogP contribution is -2.11. The molecule has 1 N–H and O–H groups in total. The average Bonchev–Trinajstić information content (AvgIpc) is 3.11. The van der Waals surface area contributed by atoms with Crippen molar-refractivity contribution in [2.75, 3.05) is 6.61 Å². The molecule has 2 aromatic carbocycles. The van der Waals surface area contributed by atoms with Crippen molar-refractivity contribution in [1.82, 2.24) is 0 Å². The second-order valence-electron chi connectivity index (χ2n) is 5.54. The molecule has 4 rings (SSSR count). The number of ether oxygens (including phenoxy) is 1. The maximum atomic E-state index is 10.7. The molecule has 2 unspecified atom stereocenters. The van der Waals surface area contributed by atoms with E-state index in [4.69, 9.17) is 9.15 Å². The standard InChI is InChI=1S/C18H16O3/c1-11-5-4-6-12-9-16(21-18(11)12)17(19)14-10-20-15-8-3-2-7-13(14)15/h2-9,14,17,19H,10H2,1H3. The van der Waals surface area contributed by atoms with Crippen LogP contribution in [0.3, 0.4) is 0 Å². The molecule has 106 valence electrons. The van der Waals surface area contributed by atoms with Crippen LogP contribution < -0.4 is 4.74 Å². The minimum absolute atomic E-state index is 0.0814. The highest BCUT2D eigenvalue weighted by Gasteiger charge is 2.32. The molecular weight excluding hydrogens is 264 g/mol.